The maximum Gasteiger partial charge on any atom is 0.173 e. The van der Waals surface area contributed by atoms with Gasteiger partial charge in [0.15, 0.2) is 16.6 Å². The highest BCUT2D eigenvalue weighted by atomic mass is 28.4. The lowest BCUT2D eigenvalue weighted by Gasteiger charge is -2.35. The number of hydrogen-bond acceptors (Lipinski definition) is 8. The van der Waals surface area contributed by atoms with Crippen LogP contribution >= 0.6 is 0 Å². The molecule has 11 nitrogen and oxygen atoms in total. The van der Waals surface area contributed by atoms with Crippen LogP contribution in [0.25, 0.3) is 0 Å². The molecule has 0 saturated heterocycles. The van der Waals surface area contributed by atoms with Gasteiger partial charge in [0.25, 0.3) is 0 Å². The number of carboxylic acid groups (broad SMARTS) is 1. The number of nitrogens with zero attached hydrogens (tertiary/aromatic N) is 3. The Balaban J connectivity index is -0.00000189. The van der Waals surface area contributed by atoms with Crippen LogP contribution in [0, 0.1) is 0 Å². The normalized spacial score (nSPS) is 13.3. The van der Waals surface area contributed by atoms with Crippen LogP contribution in [-0.4, -0.2) is 166 Å². The quantitative estimate of drug-likeness (QED) is 0.0241. The minimum absolute atomic E-state index is 0.232. The summed E-state index contributed by atoms with van der Waals surface area (Å²) in [6.07, 6.45) is 22.7. The zero-order valence-corrected chi connectivity index (χ0v) is 46.8. The summed E-state index contributed by atoms with van der Waals surface area (Å²) in [6, 6.07) is 2.15. The van der Waals surface area contributed by atoms with Gasteiger partial charge in [-0.25, -0.2) is 0 Å². The zero-order chi connectivity index (χ0) is 48.5. The van der Waals surface area contributed by atoms with Gasteiger partial charge in [0.1, 0.15) is 19.3 Å². The monoisotopic (exact) mass is 939 g/mol. The fraction of sp³-hybridized carbons (Fsp3) is 0.980. The lowest BCUT2D eigenvalue weighted by Crippen LogP contribution is -2.79. The Morgan fingerprint density at radius 1 is 0.667 bits per heavy atom. The van der Waals surface area contributed by atoms with E-state index in [0.29, 0.717) is 26.4 Å². The number of ether oxygens (including phenoxy) is 2. The molecule has 0 radical (unpaired) electrons. The van der Waals surface area contributed by atoms with E-state index >= 15 is 0 Å². The third-order valence-corrected chi connectivity index (χ3v) is 19.1. The van der Waals surface area contributed by atoms with Crippen LogP contribution in [0.15, 0.2) is 0 Å². The number of quaternary nitrogens is 3. The average Bonchev–Trinajstić information content (AvgIpc) is 3.19. The molecule has 0 aliphatic heterocycles. The van der Waals surface area contributed by atoms with Gasteiger partial charge in [0, 0.05) is 32.3 Å². The Kier molecular flexibility index (Phi) is 45.5. The van der Waals surface area contributed by atoms with Crippen molar-refractivity contribution in [3.63, 3.8) is 0 Å². The van der Waals surface area contributed by atoms with Crippen molar-refractivity contribution in [3.8, 4) is 0 Å². The van der Waals surface area contributed by atoms with Crippen LogP contribution in [0.1, 0.15) is 163 Å². The third kappa shape index (κ3) is 50.8. The first-order chi connectivity index (χ1) is 29.7. The second-order valence-corrected chi connectivity index (χ2v) is 29.7. The molecule has 0 aliphatic rings. The van der Waals surface area contributed by atoms with Crippen molar-refractivity contribution in [2.24, 2.45) is 0 Å². The Morgan fingerprint density at radius 3 is 1.62 bits per heavy atom. The number of carboxylic acids is 1. The van der Waals surface area contributed by atoms with Crippen molar-refractivity contribution in [2.45, 2.75) is 214 Å². The predicted octanol–water partition coefficient (Wildman–Crippen LogP) is 8.40. The topological polar surface area (TPSA) is 128 Å². The molecule has 0 aromatic heterocycles. The SMILES string of the molecule is CC.CCCCCCCCCCCC(=O)[O-].CCN(CCCCCC[NH2+]C)C[N+](C)(C)CCCCCC[N+](C)(C)CC(O)COCCC[Si](C)(C)O[Si](C)(C)CCCOCC(C)O. The molecule has 0 aliphatic carbocycles. The van der Waals surface area contributed by atoms with E-state index in [-0.39, 0.29) is 6.42 Å². The summed E-state index contributed by atoms with van der Waals surface area (Å²) in [5, 5.41) is 32.4. The summed E-state index contributed by atoms with van der Waals surface area (Å²) < 4.78 is 20.1. The molecule has 0 bridgehead atoms. The van der Waals surface area contributed by atoms with Crippen LogP contribution in [-0.2, 0) is 18.4 Å². The first-order valence-electron chi connectivity index (χ1n) is 26.3. The van der Waals surface area contributed by atoms with E-state index in [1.807, 2.05) is 13.8 Å². The lowest BCUT2D eigenvalue weighted by atomic mass is 10.1. The summed E-state index contributed by atoms with van der Waals surface area (Å²) in [4.78, 5) is 12.7. The molecule has 13 heteroatoms. The minimum Gasteiger partial charge on any atom is -0.550 e. The van der Waals surface area contributed by atoms with Gasteiger partial charge in [-0.2, -0.15) is 0 Å². The Labute approximate surface area is 395 Å². The molecule has 0 aromatic carbocycles. The van der Waals surface area contributed by atoms with Gasteiger partial charge in [-0.3, -0.25) is 4.90 Å². The smallest absolute Gasteiger partial charge is 0.173 e. The second kappa shape index (κ2) is 42.9. The Morgan fingerprint density at radius 2 is 1.13 bits per heavy atom. The molecule has 0 rings (SSSR count). The van der Waals surface area contributed by atoms with Gasteiger partial charge in [-0.1, -0.05) is 85.5 Å². The summed E-state index contributed by atoms with van der Waals surface area (Å²) in [5.74, 6) is -0.909. The fourth-order valence-electron chi connectivity index (χ4n) is 8.23. The Hall–Kier alpha value is -0.456. The molecule has 0 spiro atoms. The molecule has 63 heavy (non-hydrogen) atoms. The van der Waals surface area contributed by atoms with E-state index in [2.05, 4.69) is 85.5 Å². The first-order valence-corrected chi connectivity index (χ1v) is 32.5. The molecule has 2 atom stereocenters. The molecule has 0 fully saturated rings. The second-order valence-electron chi connectivity index (χ2n) is 20.8. The van der Waals surface area contributed by atoms with E-state index in [9.17, 15) is 20.1 Å². The van der Waals surface area contributed by atoms with E-state index in [4.69, 9.17) is 13.6 Å². The number of nitrogens with two attached hydrogens (primary N) is 1. The number of aliphatic carboxylic acids is 1. The number of aliphatic hydroxyl groups excluding tert-OH is 2. The minimum atomic E-state index is -1.76. The van der Waals surface area contributed by atoms with Gasteiger partial charge < -0.3 is 48.0 Å². The maximum atomic E-state index is 10.7. The van der Waals surface area contributed by atoms with E-state index in [0.717, 1.165) is 73.0 Å². The van der Waals surface area contributed by atoms with Crippen LogP contribution in [0.2, 0.25) is 38.3 Å². The molecule has 4 N–H and O–H groups in total. The van der Waals surface area contributed by atoms with Crippen molar-refractivity contribution < 1.29 is 48.0 Å². The maximum absolute atomic E-state index is 10.7. The van der Waals surface area contributed by atoms with E-state index < -0.39 is 34.8 Å². The molecule has 0 amide bonds. The molecule has 0 aromatic rings. The number of unbranched alkanes of at least 4 members (excludes halogenated alkanes) is 14. The zero-order valence-electron chi connectivity index (χ0n) is 44.8. The Bertz CT molecular complexity index is 992. The van der Waals surface area contributed by atoms with Gasteiger partial charge in [0.2, 0.25) is 0 Å². The fourth-order valence-corrected chi connectivity index (χ4v) is 17.0. The van der Waals surface area contributed by atoms with Crippen molar-refractivity contribution in [3.05, 3.63) is 0 Å². The number of rotatable bonds is 43. The number of carbonyl (C=O) groups excluding carboxylic acids is 1. The largest absolute Gasteiger partial charge is 0.550 e. The summed E-state index contributed by atoms with van der Waals surface area (Å²) in [6.45, 7) is 29.6. The third-order valence-electron chi connectivity index (χ3n) is 11.6. The van der Waals surface area contributed by atoms with Crippen LogP contribution < -0.4 is 10.4 Å². The number of likely N-dealkylation sites (N-methyl/N-ethyl adjacent to an activating group) is 1. The number of hydrogen-bond donors (Lipinski definition) is 3. The molecular formula is C50H114N4O7Si2+2. The molecular weight excluding hydrogens is 825 g/mol. The van der Waals surface area contributed by atoms with E-state index in [1.54, 1.807) is 6.92 Å². The van der Waals surface area contributed by atoms with Crippen molar-refractivity contribution >= 4 is 22.6 Å². The van der Waals surface area contributed by atoms with Crippen LogP contribution in [0.5, 0.6) is 0 Å². The summed E-state index contributed by atoms with van der Waals surface area (Å²) >= 11 is 0. The lowest BCUT2D eigenvalue weighted by molar-refractivity contribution is -0.900. The highest BCUT2D eigenvalue weighted by Crippen LogP contribution is 2.24. The molecule has 0 saturated carbocycles. The number of carbonyl (C=O) groups is 1. The summed E-state index contributed by atoms with van der Waals surface area (Å²) in [5.41, 5.74) is 0. The van der Waals surface area contributed by atoms with Crippen molar-refractivity contribution in [1.29, 1.82) is 0 Å². The predicted molar refractivity (Wildman–Crippen MR) is 273 cm³/mol. The molecule has 382 valence electrons. The van der Waals surface area contributed by atoms with Gasteiger partial charge in [-0.05, 0) is 116 Å². The highest BCUT2D eigenvalue weighted by Gasteiger charge is 2.32. The highest BCUT2D eigenvalue weighted by molar-refractivity contribution is 6.84. The van der Waals surface area contributed by atoms with Gasteiger partial charge in [0.05, 0.1) is 74.2 Å². The molecule has 2 unspecified atom stereocenters. The van der Waals surface area contributed by atoms with E-state index in [1.165, 1.54) is 116 Å². The number of aliphatic hydroxyl groups is 2. The van der Waals surface area contributed by atoms with Crippen molar-refractivity contribution in [1.82, 2.24) is 4.90 Å². The summed E-state index contributed by atoms with van der Waals surface area (Å²) in [7, 11) is 7.92. The van der Waals surface area contributed by atoms with Crippen LogP contribution in [0.4, 0.5) is 0 Å². The van der Waals surface area contributed by atoms with Gasteiger partial charge in [-0.15, -0.1) is 0 Å². The standard InChI is InChI=1S/C36H84N4O5Si2.C12H24O2.C2H6/c1-12-38(24-18-14-13-17-23-37-3)34-40(6,7)26-20-16-15-19-25-39(4,5)31-36(42)33-44-28-22-30-47(10,11)45-46(8,9)29-21-27-43-32-35(2)41;1-2-3-4-5-6-7-8-9-10-11-12(13)14;1-2/h35-37,41-42H,12-34H2,1-11H3;2-11H2,1H3,(H,13,14);1-2H3/q+2;;. The van der Waals surface area contributed by atoms with Crippen LogP contribution in [0.3, 0.4) is 0 Å². The average molecular weight is 940 g/mol. The van der Waals surface area contributed by atoms with Gasteiger partial charge >= 0.3 is 0 Å². The first kappa shape index (κ1) is 66.8. The van der Waals surface area contributed by atoms with Crippen molar-refractivity contribution in [2.75, 3.05) is 108 Å². The molecule has 0 heterocycles.